The molecule has 154 valence electrons. The number of aryl methyl sites for hydroxylation is 1. The van der Waals surface area contributed by atoms with Crippen molar-refractivity contribution >= 4 is 28.3 Å². The lowest BCUT2D eigenvalue weighted by Crippen LogP contribution is -2.31. The number of benzene rings is 1. The van der Waals surface area contributed by atoms with Crippen molar-refractivity contribution in [2.45, 2.75) is 58.0 Å². The molecule has 0 fully saturated rings. The van der Waals surface area contributed by atoms with Gasteiger partial charge in [0.1, 0.15) is 17.3 Å². The SMILES string of the molecule is Cc1ccc([S@](=O)CC(=O)/C=C(\O)CCC(=O)C(C)C(=O)OC(C)(C)C)cc1. The number of carbonyl (C=O) groups excluding carboxylic acids is 3. The number of Topliss-reactive ketones (excluding diaryl/α,β-unsaturated/α-hetero) is 1. The second-order valence-corrected chi connectivity index (χ2v) is 9.08. The van der Waals surface area contributed by atoms with Crippen molar-refractivity contribution in [3.8, 4) is 0 Å². The van der Waals surface area contributed by atoms with Gasteiger partial charge in [-0.25, -0.2) is 0 Å². The Balaban J connectivity index is 2.53. The van der Waals surface area contributed by atoms with Gasteiger partial charge in [0, 0.05) is 23.8 Å². The molecule has 1 unspecified atom stereocenters. The van der Waals surface area contributed by atoms with Crippen LogP contribution in [-0.2, 0) is 29.9 Å². The quantitative estimate of drug-likeness (QED) is 0.291. The standard InChI is InChI=1S/C21H28O6S/c1-14-6-9-18(10-7-14)28(26)13-17(23)12-16(22)8-11-19(24)15(2)20(25)27-21(3,4)5/h6-7,9-10,12,15,22H,8,11,13H2,1-5H3/b16-12-/t15?,28-/m1/s1. The van der Waals surface area contributed by atoms with Gasteiger partial charge in [-0.05, 0) is 46.8 Å². The lowest BCUT2D eigenvalue weighted by molar-refractivity contribution is -0.161. The summed E-state index contributed by atoms with van der Waals surface area (Å²) in [5.41, 5.74) is 0.336. The minimum atomic E-state index is -1.51. The molecule has 0 aromatic heterocycles. The number of allylic oxidation sites excluding steroid dienone is 2. The largest absolute Gasteiger partial charge is 0.512 e. The lowest BCUT2D eigenvalue weighted by atomic mass is 10.0. The first-order valence-electron chi connectivity index (χ1n) is 9.02. The summed E-state index contributed by atoms with van der Waals surface area (Å²) in [6.45, 7) is 8.49. The highest BCUT2D eigenvalue weighted by molar-refractivity contribution is 7.85. The van der Waals surface area contributed by atoms with E-state index in [1.165, 1.54) is 6.92 Å². The summed E-state index contributed by atoms with van der Waals surface area (Å²) in [5.74, 6) is -2.98. The molecule has 1 N–H and O–H groups in total. The van der Waals surface area contributed by atoms with E-state index in [2.05, 4.69) is 0 Å². The van der Waals surface area contributed by atoms with Crippen LogP contribution in [0.4, 0.5) is 0 Å². The number of aliphatic hydroxyl groups is 1. The molecule has 0 radical (unpaired) electrons. The van der Waals surface area contributed by atoms with Crippen LogP contribution in [0.25, 0.3) is 0 Å². The van der Waals surface area contributed by atoms with Crippen LogP contribution >= 0.6 is 0 Å². The predicted octanol–water partition coefficient (Wildman–Crippen LogP) is 3.44. The summed E-state index contributed by atoms with van der Waals surface area (Å²) in [4.78, 5) is 36.5. The highest BCUT2D eigenvalue weighted by Gasteiger charge is 2.26. The van der Waals surface area contributed by atoms with Crippen molar-refractivity contribution in [1.82, 2.24) is 0 Å². The average Bonchev–Trinajstić information content (AvgIpc) is 2.57. The second-order valence-electron chi connectivity index (χ2n) is 7.63. The molecule has 2 atom stereocenters. The van der Waals surface area contributed by atoms with E-state index in [0.29, 0.717) is 4.90 Å². The maximum absolute atomic E-state index is 12.2. The molecule has 0 bridgehead atoms. The maximum atomic E-state index is 12.2. The van der Waals surface area contributed by atoms with Crippen molar-refractivity contribution in [1.29, 1.82) is 0 Å². The highest BCUT2D eigenvalue weighted by atomic mass is 32.2. The Hall–Kier alpha value is -2.28. The Morgan fingerprint density at radius 3 is 2.25 bits per heavy atom. The van der Waals surface area contributed by atoms with Gasteiger partial charge in [-0.1, -0.05) is 17.7 Å². The molecule has 0 aliphatic rings. The van der Waals surface area contributed by atoms with Crippen LogP contribution in [0.5, 0.6) is 0 Å². The minimum absolute atomic E-state index is 0.0745. The number of aliphatic hydroxyl groups excluding tert-OH is 1. The van der Waals surface area contributed by atoms with Crippen LogP contribution in [0.1, 0.15) is 46.1 Å². The summed E-state index contributed by atoms with van der Waals surface area (Å²) < 4.78 is 17.3. The molecule has 0 amide bonds. The Bertz CT molecular complexity index is 771. The van der Waals surface area contributed by atoms with Crippen molar-refractivity contribution < 1.29 is 28.4 Å². The fourth-order valence-electron chi connectivity index (χ4n) is 2.19. The summed E-state index contributed by atoms with van der Waals surface area (Å²) in [6, 6.07) is 7.00. The van der Waals surface area contributed by atoms with Gasteiger partial charge >= 0.3 is 5.97 Å². The fourth-order valence-corrected chi connectivity index (χ4v) is 3.14. The van der Waals surface area contributed by atoms with Gasteiger partial charge < -0.3 is 9.84 Å². The van der Waals surface area contributed by atoms with E-state index in [-0.39, 0.29) is 30.1 Å². The third-order valence-corrected chi connectivity index (χ3v) is 5.10. The van der Waals surface area contributed by atoms with E-state index in [4.69, 9.17) is 4.74 Å². The second kappa shape index (κ2) is 10.3. The van der Waals surface area contributed by atoms with Crippen LogP contribution in [0.15, 0.2) is 41.0 Å². The molecule has 28 heavy (non-hydrogen) atoms. The number of carbonyl (C=O) groups is 3. The molecule has 1 aromatic carbocycles. The molecule has 0 saturated carbocycles. The summed E-state index contributed by atoms with van der Waals surface area (Å²) in [7, 11) is -1.51. The monoisotopic (exact) mass is 408 g/mol. The summed E-state index contributed by atoms with van der Waals surface area (Å²) >= 11 is 0. The van der Waals surface area contributed by atoms with E-state index in [9.17, 15) is 23.7 Å². The lowest BCUT2D eigenvalue weighted by Gasteiger charge is -2.21. The number of ketones is 2. The Morgan fingerprint density at radius 2 is 1.71 bits per heavy atom. The van der Waals surface area contributed by atoms with Crippen LogP contribution in [0.2, 0.25) is 0 Å². The van der Waals surface area contributed by atoms with Crippen molar-refractivity contribution in [3.05, 3.63) is 41.7 Å². The van der Waals surface area contributed by atoms with Gasteiger partial charge in [0.15, 0.2) is 5.78 Å². The van der Waals surface area contributed by atoms with Crippen molar-refractivity contribution in [2.75, 3.05) is 5.75 Å². The van der Waals surface area contributed by atoms with Crippen LogP contribution in [0.3, 0.4) is 0 Å². The zero-order valence-corrected chi connectivity index (χ0v) is 17.8. The normalized spacial score (nSPS) is 14.2. The van der Waals surface area contributed by atoms with Gasteiger partial charge in [0.25, 0.3) is 0 Å². The number of rotatable bonds is 9. The summed E-state index contributed by atoms with van der Waals surface area (Å²) in [5, 5.41) is 9.87. The predicted molar refractivity (Wildman–Crippen MR) is 107 cm³/mol. The molecule has 6 nitrogen and oxygen atoms in total. The fraction of sp³-hybridized carbons (Fsp3) is 0.476. The minimum Gasteiger partial charge on any atom is -0.512 e. The van der Waals surface area contributed by atoms with E-state index < -0.39 is 34.1 Å². The molecule has 7 heteroatoms. The van der Waals surface area contributed by atoms with Gasteiger partial charge in [0.2, 0.25) is 0 Å². The molecule has 0 aliphatic heterocycles. The molecule has 0 saturated heterocycles. The Labute approximate surface area is 168 Å². The number of hydrogen-bond acceptors (Lipinski definition) is 6. The first-order chi connectivity index (χ1) is 12.9. The van der Waals surface area contributed by atoms with Crippen LogP contribution in [-0.4, -0.2) is 38.2 Å². The van der Waals surface area contributed by atoms with Gasteiger partial charge in [-0.15, -0.1) is 0 Å². The third kappa shape index (κ3) is 8.61. The Kier molecular flexibility index (Phi) is 8.75. The highest BCUT2D eigenvalue weighted by Crippen LogP contribution is 2.15. The maximum Gasteiger partial charge on any atom is 0.316 e. The summed E-state index contributed by atoms with van der Waals surface area (Å²) in [6.07, 6.45) is 0.809. The third-order valence-electron chi connectivity index (χ3n) is 3.76. The molecule has 0 heterocycles. The van der Waals surface area contributed by atoms with E-state index in [0.717, 1.165) is 11.6 Å². The van der Waals surface area contributed by atoms with E-state index >= 15 is 0 Å². The number of esters is 1. The zero-order valence-electron chi connectivity index (χ0n) is 17.0. The van der Waals surface area contributed by atoms with Gasteiger partial charge in [0.05, 0.1) is 22.3 Å². The first kappa shape index (κ1) is 23.8. The molecule has 1 aromatic rings. The van der Waals surface area contributed by atoms with Crippen LogP contribution < -0.4 is 0 Å². The molecule has 0 spiro atoms. The van der Waals surface area contributed by atoms with E-state index in [1.54, 1.807) is 32.9 Å². The molecule has 0 aliphatic carbocycles. The van der Waals surface area contributed by atoms with Gasteiger partial charge in [-0.2, -0.15) is 0 Å². The number of hydrogen-bond donors (Lipinski definition) is 1. The molecule has 1 rings (SSSR count). The van der Waals surface area contributed by atoms with Crippen molar-refractivity contribution in [2.24, 2.45) is 5.92 Å². The zero-order chi connectivity index (χ0) is 21.5. The average molecular weight is 409 g/mol. The first-order valence-corrected chi connectivity index (χ1v) is 10.3. The smallest absolute Gasteiger partial charge is 0.316 e. The Morgan fingerprint density at radius 1 is 1.14 bits per heavy atom. The number of ether oxygens (including phenoxy) is 1. The molecular weight excluding hydrogens is 380 g/mol. The molecular formula is C21H28O6S. The van der Waals surface area contributed by atoms with Crippen LogP contribution in [0, 0.1) is 12.8 Å². The van der Waals surface area contributed by atoms with Gasteiger partial charge in [-0.3, -0.25) is 18.6 Å². The topological polar surface area (TPSA) is 97.7 Å². The van der Waals surface area contributed by atoms with Crippen molar-refractivity contribution in [3.63, 3.8) is 0 Å². The van der Waals surface area contributed by atoms with E-state index in [1.807, 2.05) is 19.1 Å².